The van der Waals surface area contributed by atoms with E-state index in [2.05, 4.69) is 36.3 Å². The zero-order chi connectivity index (χ0) is 17.5. The fourth-order valence-corrected chi connectivity index (χ4v) is 3.21. The first kappa shape index (κ1) is 20.2. The smallest absolute Gasteiger partial charge is 0.407 e. The highest BCUT2D eigenvalue weighted by Crippen LogP contribution is 2.20. The maximum absolute atomic E-state index is 11.7. The summed E-state index contributed by atoms with van der Waals surface area (Å²) in [5.41, 5.74) is -0.446. The minimum absolute atomic E-state index is 0.235. The van der Waals surface area contributed by atoms with Crippen molar-refractivity contribution in [3.63, 3.8) is 0 Å². The van der Waals surface area contributed by atoms with Crippen molar-refractivity contribution < 1.29 is 9.53 Å². The first-order valence-corrected chi connectivity index (χ1v) is 9.16. The maximum Gasteiger partial charge on any atom is 0.407 e. The third-order valence-electron chi connectivity index (χ3n) is 4.29. The second-order valence-electron chi connectivity index (χ2n) is 7.94. The van der Waals surface area contributed by atoms with Gasteiger partial charge in [-0.3, -0.25) is 0 Å². The lowest BCUT2D eigenvalue weighted by atomic mass is 9.91. The third-order valence-corrected chi connectivity index (χ3v) is 4.29. The van der Waals surface area contributed by atoms with E-state index >= 15 is 0 Å². The van der Waals surface area contributed by atoms with Crippen LogP contribution in [0, 0.1) is 5.92 Å². The first-order valence-electron chi connectivity index (χ1n) is 9.16. The molecular formula is C18H37N3O2. The van der Waals surface area contributed by atoms with Crippen LogP contribution in [0.5, 0.6) is 0 Å². The highest BCUT2D eigenvalue weighted by Gasteiger charge is 2.25. The molecule has 1 aliphatic rings. The number of hydrogen-bond acceptors (Lipinski definition) is 4. The second-order valence-corrected chi connectivity index (χ2v) is 7.94. The van der Waals surface area contributed by atoms with Crippen molar-refractivity contribution in [3.8, 4) is 0 Å². The molecule has 2 N–H and O–H groups in total. The van der Waals surface area contributed by atoms with Crippen LogP contribution in [-0.4, -0.2) is 54.9 Å². The number of rotatable bonds is 7. The molecule has 1 fully saturated rings. The number of likely N-dealkylation sites (tertiary alicyclic amines) is 1. The van der Waals surface area contributed by atoms with E-state index in [0.29, 0.717) is 18.5 Å². The Morgan fingerprint density at radius 1 is 1.35 bits per heavy atom. The van der Waals surface area contributed by atoms with E-state index in [1.54, 1.807) is 0 Å². The summed E-state index contributed by atoms with van der Waals surface area (Å²) in [6.07, 6.45) is 3.47. The highest BCUT2D eigenvalue weighted by molar-refractivity contribution is 5.67. The summed E-state index contributed by atoms with van der Waals surface area (Å²) in [5, 5.41) is 6.48. The molecule has 1 rings (SSSR count). The van der Waals surface area contributed by atoms with Gasteiger partial charge in [0.1, 0.15) is 5.60 Å². The van der Waals surface area contributed by atoms with E-state index in [1.807, 2.05) is 20.8 Å². The number of hydrogen-bond donors (Lipinski definition) is 2. The first-order chi connectivity index (χ1) is 10.7. The standard InChI is InChI=1S/C18H37N3O2/c1-7-10-21-11-8-9-16(13-21)15(3)20-14(2)12-19-17(22)23-18(4,5)6/h14-16,20H,7-13H2,1-6H3,(H,19,22). The molecule has 5 nitrogen and oxygen atoms in total. The number of nitrogens with zero attached hydrogens (tertiary/aromatic N) is 1. The Balaban J connectivity index is 2.30. The quantitative estimate of drug-likeness (QED) is 0.755. The SMILES string of the molecule is CCCN1CCCC(C(C)NC(C)CNC(=O)OC(C)(C)C)C1. The molecule has 3 atom stereocenters. The molecule has 3 unspecified atom stereocenters. The zero-order valence-corrected chi connectivity index (χ0v) is 15.9. The highest BCUT2D eigenvalue weighted by atomic mass is 16.6. The van der Waals surface area contributed by atoms with Crippen LogP contribution in [0.4, 0.5) is 4.79 Å². The molecule has 0 radical (unpaired) electrons. The Morgan fingerprint density at radius 2 is 2.04 bits per heavy atom. The molecule has 0 aromatic carbocycles. The van der Waals surface area contributed by atoms with Crippen LogP contribution in [0.3, 0.4) is 0 Å². The van der Waals surface area contributed by atoms with E-state index in [-0.39, 0.29) is 12.1 Å². The van der Waals surface area contributed by atoms with Gasteiger partial charge in [-0.15, -0.1) is 0 Å². The Kier molecular flexibility index (Phi) is 8.34. The van der Waals surface area contributed by atoms with Crippen molar-refractivity contribution in [1.82, 2.24) is 15.5 Å². The predicted molar refractivity (Wildman–Crippen MR) is 95.8 cm³/mol. The summed E-state index contributed by atoms with van der Waals surface area (Å²) < 4.78 is 5.27. The molecule has 5 heteroatoms. The van der Waals surface area contributed by atoms with E-state index in [0.717, 1.165) is 0 Å². The Hall–Kier alpha value is -0.810. The molecular weight excluding hydrogens is 290 g/mol. The molecule has 1 amide bonds. The predicted octanol–water partition coefficient (Wildman–Crippen LogP) is 3.00. The summed E-state index contributed by atoms with van der Waals surface area (Å²) in [4.78, 5) is 14.3. The number of carbonyl (C=O) groups is 1. The van der Waals surface area contributed by atoms with Crippen molar-refractivity contribution in [2.45, 2.75) is 78.5 Å². The molecule has 0 saturated carbocycles. The fourth-order valence-electron chi connectivity index (χ4n) is 3.21. The Bertz CT molecular complexity index is 353. The molecule has 1 heterocycles. The number of carbonyl (C=O) groups excluding carboxylic acids is 1. The van der Waals surface area contributed by atoms with Gasteiger partial charge < -0.3 is 20.3 Å². The fraction of sp³-hybridized carbons (Fsp3) is 0.944. The van der Waals surface area contributed by atoms with E-state index in [1.165, 1.54) is 38.9 Å². The van der Waals surface area contributed by atoms with Crippen LogP contribution in [0.1, 0.15) is 60.8 Å². The van der Waals surface area contributed by atoms with Crippen LogP contribution in [-0.2, 0) is 4.74 Å². The van der Waals surface area contributed by atoms with Crippen LogP contribution in [0.25, 0.3) is 0 Å². The van der Waals surface area contributed by atoms with Gasteiger partial charge in [-0.25, -0.2) is 4.79 Å². The molecule has 0 aromatic rings. The van der Waals surface area contributed by atoms with Crippen molar-refractivity contribution in [2.75, 3.05) is 26.2 Å². The molecule has 0 aliphatic carbocycles. The number of piperidine rings is 1. The molecule has 1 aliphatic heterocycles. The number of amides is 1. The summed E-state index contributed by atoms with van der Waals surface area (Å²) in [6.45, 7) is 16.5. The monoisotopic (exact) mass is 327 g/mol. The third kappa shape index (κ3) is 8.56. The molecule has 1 saturated heterocycles. The average Bonchev–Trinajstić information content (AvgIpc) is 2.44. The lowest BCUT2D eigenvalue weighted by Gasteiger charge is -2.37. The normalized spacial score (nSPS) is 22.4. The van der Waals surface area contributed by atoms with Crippen LogP contribution in [0.2, 0.25) is 0 Å². The minimum atomic E-state index is -0.446. The summed E-state index contributed by atoms with van der Waals surface area (Å²) in [7, 11) is 0. The van der Waals surface area contributed by atoms with Gasteiger partial charge in [-0.1, -0.05) is 6.92 Å². The average molecular weight is 328 g/mol. The van der Waals surface area contributed by atoms with Crippen LogP contribution >= 0.6 is 0 Å². The van der Waals surface area contributed by atoms with Gasteiger partial charge in [-0.05, 0) is 72.9 Å². The largest absolute Gasteiger partial charge is 0.444 e. The van der Waals surface area contributed by atoms with E-state index in [9.17, 15) is 4.79 Å². The van der Waals surface area contributed by atoms with Crippen molar-refractivity contribution in [1.29, 1.82) is 0 Å². The number of nitrogens with one attached hydrogen (secondary N) is 2. The zero-order valence-electron chi connectivity index (χ0n) is 15.9. The Morgan fingerprint density at radius 3 is 2.65 bits per heavy atom. The maximum atomic E-state index is 11.7. The Labute approximate surface area is 142 Å². The van der Waals surface area contributed by atoms with Gasteiger partial charge in [-0.2, -0.15) is 0 Å². The van der Waals surface area contributed by atoms with Gasteiger partial charge in [0.15, 0.2) is 0 Å². The molecule has 23 heavy (non-hydrogen) atoms. The molecule has 0 aromatic heterocycles. The van der Waals surface area contributed by atoms with Crippen molar-refractivity contribution >= 4 is 6.09 Å². The lowest BCUT2D eigenvalue weighted by Crippen LogP contribution is -2.49. The van der Waals surface area contributed by atoms with Crippen molar-refractivity contribution in [3.05, 3.63) is 0 Å². The van der Waals surface area contributed by atoms with Crippen LogP contribution in [0.15, 0.2) is 0 Å². The number of alkyl carbamates (subject to hydrolysis) is 1. The van der Waals surface area contributed by atoms with Crippen LogP contribution < -0.4 is 10.6 Å². The van der Waals surface area contributed by atoms with E-state index < -0.39 is 5.60 Å². The molecule has 0 bridgehead atoms. The van der Waals surface area contributed by atoms with Gasteiger partial charge in [0.05, 0.1) is 0 Å². The van der Waals surface area contributed by atoms with Gasteiger partial charge in [0.2, 0.25) is 0 Å². The second kappa shape index (κ2) is 9.48. The molecule has 136 valence electrons. The van der Waals surface area contributed by atoms with Gasteiger partial charge in [0.25, 0.3) is 0 Å². The van der Waals surface area contributed by atoms with E-state index in [4.69, 9.17) is 4.74 Å². The van der Waals surface area contributed by atoms with Gasteiger partial charge in [0, 0.05) is 25.2 Å². The number of ether oxygens (including phenoxy) is 1. The summed E-state index contributed by atoms with van der Waals surface area (Å²) in [6, 6.07) is 0.698. The molecule has 0 spiro atoms. The lowest BCUT2D eigenvalue weighted by molar-refractivity contribution is 0.0521. The minimum Gasteiger partial charge on any atom is -0.444 e. The topological polar surface area (TPSA) is 53.6 Å². The summed E-state index contributed by atoms with van der Waals surface area (Å²) >= 11 is 0. The van der Waals surface area contributed by atoms with Crippen molar-refractivity contribution in [2.24, 2.45) is 5.92 Å². The summed E-state index contributed by atoms with van der Waals surface area (Å²) in [5.74, 6) is 0.694. The van der Waals surface area contributed by atoms with Gasteiger partial charge >= 0.3 is 6.09 Å².